The normalized spacial score (nSPS) is 26.5. The van der Waals surface area contributed by atoms with E-state index in [0.29, 0.717) is 18.2 Å². The summed E-state index contributed by atoms with van der Waals surface area (Å²) < 4.78 is 5.71. The number of urea groups is 1. The summed E-state index contributed by atoms with van der Waals surface area (Å²) in [7, 11) is 3.62. The van der Waals surface area contributed by atoms with Gasteiger partial charge in [0.1, 0.15) is 0 Å². The number of nitrogens with one attached hydrogen (secondary N) is 1. The van der Waals surface area contributed by atoms with Crippen LogP contribution in [0.3, 0.4) is 0 Å². The highest BCUT2D eigenvalue weighted by atomic mass is 16.5. The van der Waals surface area contributed by atoms with Crippen molar-refractivity contribution in [2.75, 3.05) is 33.8 Å². The van der Waals surface area contributed by atoms with Crippen LogP contribution < -0.4 is 5.32 Å². The van der Waals surface area contributed by atoms with Gasteiger partial charge in [-0.1, -0.05) is 0 Å². The zero-order chi connectivity index (χ0) is 13.8. The maximum absolute atomic E-state index is 11.8. The highest BCUT2D eigenvalue weighted by molar-refractivity contribution is 5.73. The first-order chi connectivity index (χ1) is 9.08. The second-order valence-electron chi connectivity index (χ2n) is 5.95. The van der Waals surface area contributed by atoms with Crippen LogP contribution in [0.2, 0.25) is 0 Å². The van der Waals surface area contributed by atoms with E-state index in [1.165, 1.54) is 12.8 Å². The summed E-state index contributed by atoms with van der Waals surface area (Å²) in [6.45, 7) is 4.83. The van der Waals surface area contributed by atoms with Gasteiger partial charge in [0.15, 0.2) is 0 Å². The molecule has 2 saturated heterocycles. The summed E-state index contributed by atoms with van der Waals surface area (Å²) in [6.07, 6.45) is 4.81. The third-order valence-corrected chi connectivity index (χ3v) is 4.17. The molecular weight excluding hydrogens is 242 g/mol. The van der Waals surface area contributed by atoms with Crippen molar-refractivity contribution in [2.24, 2.45) is 0 Å². The fourth-order valence-corrected chi connectivity index (χ4v) is 3.00. The zero-order valence-corrected chi connectivity index (χ0v) is 12.4. The Bertz CT molecular complexity index is 295. The van der Waals surface area contributed by atoms with Crippen molar-refractivity contribution in [3.05, 3.63) is 0 Å². The first-order valence-electron chi connectivity index (χ1n) is 7.42. The molecule has 2 amide bonds. The Morgan fingerprint density at radius 3 is 2.53 bits per heavy atom. The summed E-state index contributed by atoms with van der Waals surface area (Å²) in [5.41, 5.74) is 0. The molecule has 1 N–H and O–H groups in total. The van der Waals surface area contributed by atoms with E-state index in [0.717, 1.165) is 32.5 Å². The lowest BCUT2D eigenvalue weighted by Crippen LogP contribution is -2.51. The molecule has 110 valence electrons. The van der Waals surface area contributed by atoms with Gasteiger partial charge in [-0.05, 0) is 32.6 Å². The van der Waals surface area contributed by atoms with Crippen LogP contribution in [0.1, 0.15) is 32.6 Å². The van der Waals surface area contributed by atoms with E-state index in [1.54, 1.807) is 4.90 Å². The average molecular weight is 269 g/mol. The smallest absolute Gasteiger partial charge is 0.319 e. The number of piperidine rings is 1. The number of hydrogen-bond donors (Lipinski definition) is 1. The van der Waals surface area contributed by atoms with E-state index in [2.05, 4.69) is 12.2 Å². The van der Waals surface area contributed by atoms with E-state index in [9.17, 15) is 4.79 Å². The third kappa shape index (κ3) is 3.83. The van der Waals surface area contributed by atoms with Crippen molar-refractivity contribution in [3.63, 3.8) is 0 Å². The molecule has 2 atom stereocenters. The third-order valence-electron chi connectivity index (χ3n) is 4.17. The van der Waals surface area contributed by atoms with Crippen LogP contribution in [0.5, 0.6) is 0 Å². The van der Waals surface area contributed by atoms with Crippen LogP contribution >= 0.6 is 0 Å². The van der Waals surface area contributed by atoms with Gasteiger partial charge in [0.05, 0.1) is 6.10 Å². The molecule has 2 rings (SSSR count). The molecule has 0 aromatic heterocycles. The van der Waals surface area contributed by atoms with Crippen molar-refractivity contribution in [2.45, 2.75) is 50.8 Å². The Hall–Kier alpha value is -0.810. The van der Waals surface area contributed by atoms with Crippen LogP contribution in [0.4, 0.5) is 4.79 Å². The predicted octanol–water partition coefficient (Wildman–Crippen LogP) is 1.29. The summed E-state index contributed by atoms with van der Waals surface area (Å²) in [6, 6.07) is 1.07. The molecule has 0 radical (unpaired) electrons. The quantitative estimate of drug-likeness (QED) is 0.839. The zero-order valence-electron chi connectivity index (χ0n) is 12.4. The molecule has 2 fully saturated rings. The van der Waals surface area contributed by atoms with Gasteiger partial charge >= 0.3 is 6.03 Å². The van der Waals surface area contributed by atoms with E-state index >= 15 is 0 Å². The predicted molar refractivity (Wildman–Crippen MR) is 75.2 cm³/mol. The Morgan fingerprint density at radius 1 is 1.32 bits per heavy atom. The maximum Gasteiger partial charge on any atom is 0.319 e. The first-order valence-corrected chi connectivity index (χ1v) is 7.42. The molecule has 2 heterocycles. The number of nitrogens with zero attached hydrogens (tertiary/aromatic N) is 2. The number of rotatable bonds is 3. The first kappa shape index (κ1) is 14.6. The van der Waals surface area contributed by atoms with E-state index in [4.69, 9.17) is 4.74 Å². The standard InChI is InChI=1S/C14H27N3O2/c1-11(13-5-4-10-19-13)15-12-6-8-17(9-7-12)14(18)16(2)3/h11-13,15H,4-10H2,1-3H3. The molecule has 2 unspecified atom stereocenters. The SMILES string of the molecule is CC(NC1CCN(C(=O)N(C)C)CC1)C1CCCO1. The second kappa shape index (κ2) is 6.57. The van der Waals surface area contributed by atoms with Gasteiger partial charge in [0, 0.05) is 45.9 Å². The Morgan fingerprint density at radius 2 is 2.00 bits per heavy atom. The van der Waals surface area contributed by atoms with E-state index in [1.807, 2.05) is 19.0 Å². The largest absolute Gasteiger partial charge is 0.377 e. The molecule has 19 heavy (non-hydrogen) atoms. The molecule has 2 aliphatic rings. The molecule has 0 saturated carbocycles. The Labute approximate surface area is 116 Å². The topological polar surface area (TPSA) is 44.8 Å². The van der Waals surface area contributed by atoms with Gasteiger partial charge in [-0.2, -0.15) is 0 Å². The van der Waals surface area contributed by atoms with Crippen molar-refractivity contribution in [1.82, 2.24) is 15.1 Å². The summed E-state index contributed by atoms with van der Waals surface area (Å²) >= 11 is 0. The minimum Gasteiger partial charge on any atom is -0.377 e. The molecule has 0 aromatic carbocycles. The second-order valence-corrected chi connectivity index (χ2v) is 5.95. The molecule has 2 aliphatic heterocycles. The lowest BCUT2D eigenvalue weighted by Gasteiger charge is -2.36. The molecule has 5 heteroatoms. The Balaban J connectivity index is 1.72. The van der Waals surface area contributed by atoms with Crippen LogP contribution in [0, 0.1) is 0 Å². The van der Waals surface area contributed by atoms with Gasteiger partial charge in [0.2, 0.25) is 0 Å². The Kier molecular flexibility index (Phi) is 5.05. The fourth-order valence-electron chi connectivity index (χ4n) is 3.00. The van der Waals surface area contributed by atoms with Gasteiger partial charge in [0.25, 0.3) is 0 Å². The summed E-state index contributed by atoms with van der Waals surface area (Å²) in [5, 5.41) is 3.67. The van der Waals surface area contributed by atoms with Crippen molar-refractivity contribution < 1.29 is 9.53 Å². The van der Waals surface area contributed by atoms with E-state index in [-0.39, 0.29) is 6.03 Å². The summed E-state index contributed by atoms with van der Waals surface area (Å²) in [4.78, 5) is 15.4. The number of carbonyl (C=O) groups excluding carboxylic acids is 1. The lowest BCUT2D eigenvalue weighted by atomic mass is 10.0. The molecule has 0 spiro atoms. The maximum atomic E-state index is 11.8. The number of amides is 2. The highest BCUT2D eigenvalue weighted by Crippen LogP contribution is 2.18. The van der Waals surface area contributed by atoms with E-state index < -0.39 is 0 Å². The van der Waals surface area contributed by atoms with Crippen LogP contribution in [0.25, 0.3) is 0 Å². The molecule has 0 bridgehead atoms. The monoisotopic (exact) mass is 269 g/mol. The van der Waals surface area contributed by atoms with Crippen LogP contribution in [-0.4, -0.2) is 67.8 Å². The molecule has 0 aliphatic carbocycles. The van der Waals surface area contributed by atoms with Gasteiger partial charge < -0.3 is 19.9 Å². The van der Waals surface area contributed by atoms with Crippen LogP contribution in [0.15, 0.2) is 0 Å². The minimum atomic E-state index is 0.130. The van der Waals surface area contributed by atoms with Gasteiger partial charge in [-0.25, -0.2) is 4.79 Å². The molecular formula is C14H27N3O2. The number of likely N-dealkylation sites (tertiary alicyclic amines) is 1. The van der Waals surface area contributed by atoms with Crippen molar-refractivity contribution >= 4 is 6.03 Å². The van der Waals surface area contributed by atoms with Crippen molar-refractivity contribution in [3.8, 4) is 0 Å². The highest BCUT2D eigenvalue weighted by Gasteiger charge is 2.28. The van der Waals surface area contributed by atoms with Crippen molar-refractivity contribution in [1.29, 1.82) is 0 Å². The van der Waals surface area contributed by atoms with Gasteiger partial charge in [-0.15, -0.1) is 0 Å². The average Bonchev–Trinajstić information content (AvgIpc) is 2.92. The fraction of sp³-hybridized carbons (Fsp3) is 0.929. The van der Waals surface area contributed by atoms with Gasteiger partial charge in [-0.3, -0.25) is 0 Å². The minimum absolute atomic E-state index is 0.130. The van der Waals surface area contributed by atoms with Crippen LogP contribution in [-0.2, 0) is 4.74 Å². The number of hydrogen-bond acceptors (Lipinski definition) is 3. The lowest BCUT2D eigenvalue weighted by molar-refractivity contribution is 0.0746. The molecule has 0 aromatic rings. The molecule has 5 nitrogen and oxygen atoms in total. The summed E-state index contributed by atoms with van der Waals surface area (Å²) in [5.74, 6) is 0. The number of ether oxygens (including phenoxy) is 1. The number of carbonyl (C=O) groups is 1.